The van der Waals surface area contributed by atoms with E-state index in [0.29, 0.717) is 6.54 Å². The number of amides is 2. The summed E-state index contributed by atoms with van der Waals surface area (Å²) in [4.78, 5) is 38.3. The molecule has 2 amide bonds. The van der Waals surface area contributed by atoms with Crippen LogP contribution in [0.25, 0.3) is 0 Å². The average Bonchev–Trinajstić information content (AvgIpc) is 3.27. The van der Waals surface area contributed by atoms with Gasteiger partial charge >= 0.3 is 5.97 Å². The second-order valence-electron chi connectivity index (χ2n) is 7.05. The first-order valence-electron chi connectivity index (χ1n) is 9.11. The van der Waals surface area contributed by atoms with Crippen LogP contribution in [0.3, 0.4) is 0 Å². The molecule has 2 aliphatic rings. The van der Waals surface area contributed by atoms with Crippen LogP contribution in [0.15, 0.2) is 18.2 Å². The zero-order chi connectivity index (χ0) is 19.6. The number of carbonyl (C=O) groups excluding carboxylic acids is 3. The number of rotatable bonds is 5. The van der Waals surface area contributed by atoms with Crippen molar-refractivity contribution < 1.29 is 27.9 Å². The largest absolute Gasteiger partial charge is 0.452 e. The quantitative estimate of drug-likeness (QED) is 0.797. The topological polar surface area (TPSA) is 75.7 Å². The molecule has 0 spiro atoms. The molecule has 0 radical (unpaired) electrons. The smallest absolute Gasteiger partial charge is 0.312 e. The van der Waals surface area contributed by atoms with Crippen LogP contribution in [0.2, 0.25) is 0 Å². The molecule has 27 heavy (non-hydrogen) atoms. The van der Waals surface area contributed by atoms with Gasteiger partial charge in [-0.15, -0.1) is 0 Å². The van der Waals surface area contributed by atoms with E-state index >= 15 is 0 Å². The summed E-state index contributed by atoms with van der Waals surface area (Å²) in [5, 5.41) is 2.09. The fourth-order valence-corrected chi connectivity index (χ4v) is 3.62. The van der Waals surface area contributed by atoms with Crippen LogP contribution in [0, 0.1) is 17.6 Å². The maximum Gasteiger partial charge on any atom is 0.312 e. The molecule has 1 aliphatic carbocycles. The predicted molar refractivity (Wildman–Crippen MR) is 92.6 cm³/mol. The molecule has 1 N–H and O–H groups in total. The Balaban J connectivity index is 1.55. The lowest BCUT2D eigenvalue weighted by Gasteiger charge is -2.24. The summed E-state index contributed by atoms with van der Waals surface area (Å²) >= 11 is 0. The molecule has 1 saturated heterocycles. The van der Waals surface area contributed by atoms with Crippen LogP contribution in [0.5, 0.6) is 0 Å². The van der Waals surface area contributed by atoms with Crippen LogP contribution >= 0.6 is 0 Å². The van der Waals surface area contributed by atoms with Crippen molar-refractivity contribution in [1.82, 2.24) is 4.90 Å². The molecule has 3 rings (SSSR count). The normalized spacial score (nSPS) is 21.4. The van der Waals surface area contributed by atoms with E-state index in [1.807, 2.05) is 0 Å². The van der Waals surface area contributed by atoms with E-state index in [-0.39, 0.29) is 18.4 Å². The molecule has 2 fully saturated rings. The molecule has 2 atom stereocenters. The van der Waals surface area contributed by atoms with E-state index < -0.39 is 41.2 Å². The zero-order valence-electron chi connectivity index (χ0n) is 15.0. The Morgan fingerprint density at radius 1 is 1.22 bits per heavy atom. The molecule has 1 aromatic rings. The standard InChI is InChI=1S/C19H22F2N2O4/c1-11(18(25)22-17-14(20)7-4-8-15(17)21)27-19(26)12-9-16(24)23(10-12)13-5-2-3-6-13/h4,7-8,11-13H,2-3,5-6,9-10H2,1H3,(H,22,25)/t11-,12+/m0/s1. The monoisotopic (exact) mass is 380 g/mol. The molecule has 6 nitrogen and oxygen atoms in total. The van der Waals surface area contributed by atoms with Gasteiger partial charge in [-0.25, -0.2) is 8.78 Å². The number of nitrogens with zero attached hydrogens (tertiary/aromatic N) is 1. The molecule has 0 unspecified atom stereocenters. The molecule has 1 saturated carbocycles. The Labute approximate surface area is 155 Å². The van der Waals surface area contributed by atoms with Crippen molar-refractivity contribution in [2.75, 3.05) is 11.9 Å². The number of likely N-dealkylation sites (tertiary alicyclic amines) is 1. The number of carbonyl (C=O) groups is 3. The summed E-state index contributed by atoms with van der Waals surface area (Å²) in [6.07, 6.45) is 2.86. The number of hydrogen-bond donors (Lipinski definition) is 1. The van der Waals surface area contributed by atoms with Gasteiger partial charge in [0.1, 0.15) is 17.3 Å². The first-order chi connectivity index (χ1) is 12.9. The Hall–Kier alpha value is -2.51. The summed E-state index contributed by atoms with van der Waals surface area (Å²) in [5.74, 6) is -4.04. The number of ether oxygens (including phenoxy) is 1. The number of halogens is 2. The molecule has 1 aliphatic heterocycles. The van der Waals surface area contributed by atoms with Crippen LogP contribution in [0.1, 0.15) is 39.0 Å². The van der Waals surface area contributed by atoms with Crippen molar-refractivity contribution in [2.45, 2.75) is 51.2 Å². The molecule has 0 aromatic heterocycles. The number of anilines is 1. The third-order valence-corrected chi connectivity index (χ3v) is 5.13. The van der Waals surface area contributed by atoms with Crippen molar-refractivity contribution in [2.24, 2.45) is 5.92 Å². The van der Waals surface area contributed by atoms with Gasteiger partial charge in [0.25, 0.3) is 5.91 Å². The van der Waals surface area contributed by atoms with E-state index in [4.69, 9.17) is 4.74 Å². The third kappa shape index (κ3) is 4.26. The number of para-hydroxylation sites is 1. The lowest BCUT2D eigenvalue weighted by molar-refractivity contribution is -0.157. The van der Waals surface area contributed by atoms with Gasteiger partial charge in [-0.2, -0.15) is 0 Å². The second kappa shape index (κ2) is 8.02. The van der Waals surface area contributed by atoms with Crippen LogP contribution in [0.4, 0.5) is 14.5 Å². The van der Waals surface area contributed by atoms with E-state index in [1.54, 1.807) is 4.90 Å². The van der Waals surface area contributed by atoms with Gasteiger partial charge in [-0.3, -0.25) is 14.4 Å². The summed E-state index contributed by atoms with van der Waals surface area (Å²) in [6, 6.07) is 3.38. The molecule has 8 heteroatoms. The van der Waals surface area contributed by atoms with E-state index in [0.717, 1.165) is 37.8 Å². The van der Waals surface area contributed by atoms with Gasteiger partial charge in [0.05, 0.1) is 5.92 Å². The maximum atomic E-state index is 13.6. The summed E-state index contributed by atoms with van der Waals surface area (Å²) in [5.41, 5.74) is -0.589. The highest BCUT2D eigenvalue weighted by Gasteiger charge is 2.40. The Kier molecular flexibility index (Phi) is 5.72. The molecule has 1 heterocycles. The van der Waals surface area contributed by atoms with Gasteiger partial charge in [-0.1, -0.05) is 18.9 Å². The second-order valence-corrected chi connectivity index (χ2v) is 7.05. The van der Waals surface area contributed by atoms with E-state index in [9.17, 15) is 23.2 Å². The third-order valence-electron chi connectivity index (χ3n) is 5.13. The molecule has 1 aromatic carbocycles. The van der Waals surface area contributed by atoms with Gasteiger partial charge < -0.3 is 15.0 Å². The fourth-order valence-electron chi connectivity index (χ4n) is 3.62. The van der Waals surface area contributed by atoms with Crippen LogP contribution in [-0.2, 0) is 19.1 Å². The number of benzene rings is 1. The minimum atomic E-state index is -1.24. The van der Waals surface area contributed by atoms with Gasteiger partial charge in [0.2, 0.25) is 5.91 Å². The predicted octanol–water partition coefficient (Wildman–Crippen LogP) is 2.63. The number of hydrogen-bond acceptors (Lipinski definition) is 4. The summed E-state index contributed by atoms with van der Waals surface area (Å²) < 4.78 is 32.4. The number of esters is 1. The van der Waals surface area contributed by atoms with Gasteiger partial charge in [0, 0.05) is 19.0 Å². The highest BCUT2D eigenvalue weighted by atomic mass is 19.1. The first-order valence-corrected chi connectivity index (χ1v) is 9.11. The molecule has 0 bridgehead atoms. The maximum absolute atomic E-state index is 13.6. The fraction of sp³-hybridized carbons (Fsp3) is 0.526. The van der Waals surface area contributed by atoms with Crippen LogP contribution in [-0.4, -0.2) is 41.4 Å². The summed E-state index contributed by atoms with van der Waals surface area (Å²) in [7, 11) is 0. The van der Waals surface area contributed by atoms with E-state index in [2.05, 4.69) is 5.32 Å². The van der Waals surface area contributed by atoms with E-state index in [1.165, 1.54) is 13.0 Å². The number of nitrogens with one attached hydrogen (secondary N) is 1. The highest BCUT2D eigenvalue weighted by molar-refractivity contribution is 5.96. The average molecular weight is 380 g/mol. The van der Waals surface area contributed by atoms with Gasteiger partial charge in [0.15, 0.2) is 6.10 Å². The lowest BCUT2D eigenvalue weighted by atomic mass is 10.1. The summed E-state index contributed by atoms with van der Waals surface area (Å²) in [6.45, 7) is 1.61. The minimum Gasteiger partial charge on any atom is -0.452 e. The lowest BCUT2D eigenvalue weighted by Crippen LogP contribution is -2.36. The minimum absolute atomic E-state index is 0.0611. The van der Waals surface area contributed by atoms with Crippen LogP contribution < -0.4 is 5.32 Å². The SMILES string of the molecule is C[C@H](OC(=O)[C@@H]1CC(=O)N(C2CCCC2)C1)C(=O)Nc1c(F)cccc1F. The highest BCUT2D eigenvalue weighted by Crippen LogP contribution is 2.30. The Morgan fingerprint density at radius 3 is 2.48 bits per heavy atom. The zero-order valence-corrected chi connectivity index (χ0v) is 15.0. The Morgan fingerprint density at radius 2 is 1.85 bits per heavy atom. The van der Waals surface area contributed by atoms with Crippen molar-refractivity contribution >= 4 is 23.5 Å². The van der Waals surface area contributed by atoms with Crippen molar-refractivity contribution in [3.05, 3.63) is 29.8 Å². The molecular weight excluding hydrogens is 358 g/mol. The Bertz CT molecular complexity index is 729. The first kappa shape index (κ1) is 19.3. The van der Waals surface area contributed by atoms with Crippen molar-refractivity contribution in [3.63, 3.8) is 0 Å². The van der Waals surface area contributed by atoms with Gasteiger partial charge in [-0.05, 0) is 31.9 Å². The van der Waals surface area contributed by atoms with Crippen molar-refractivity contribution in [3.8, 4) is 0 Å². The van der Waals surface area contributed by atoms with Crippen molar-refractivity contribution in [1.29, 1.82) is 0 Å². The molecule has 146 valence electrons. The molecular formula is C19H22F2N2O4.